The normalized spacial score (nSPS) is 11.0. The maximum atomic E-state index is 4.08. The summed E-state index contributed by atoms with van der Waals surface area (Å²) in [6.07, 6.45) is 4.06. The SMILES string of the molecule is C=C(/C=C/C)c1cccc2ccccc12. The second kappa shape index (κ2) is 4.14. The van der Waals surface area contributed by atoms with E-state index in [1.807, 2.05) is 19.1 Å². The molecule has 0 amide bonds. The molecule has 0 bridgehead atoms. The Balaban J connectivity index is 2.65. The lowest BCUT2D eigenvalue weighted by atomic mass is 9.99. The molecular weight excluding hydrogens is 180 g/mol. The van der Waals surface area contributed by atoms with Gasteiger partial charge in [0.2, 0.25) is 0 Å². The number of benzene rings is 2. The molecule has 0 N–H and O–H groups in total. The lowest BCUT2D eigenvalue weighted by Gasteiger charge is -2.05. The topological polar surface area (TPSA) is 0 Å². The molecule has 0 nitrogen and oxygen atoms in total. The van der Waals surface area contributed by atoms with E-state index in [1.165, 1.54) is 16.3 Å². The number of allylic oxidation sites excluding steroid dienone is 3. The third-order valence-corrected chi connectivity index (χ3v) is 2.50. The average Bonchev–Trinajstić information content (AvgIpc) is 2.28. The van der Waals surface area contributed by atoms with E-state index < -0.39 is 0 Å². The van der Waals surface area contributed by atoms with Gasteiger partial charge in [-0.15, -0.1) is 0 Å². The van der Waals surface area contributed by atoms with Crippen LogP contribution in [0.1, 0.15) is 12.5 Å². The van der Waals surface area contributed by atoms with Gasteiger partial charge in [-0.25, -0.2) is 0 Å². The standard InChI is InChI=1S/C15H14/c1-3-7-12(2)14-11-6-9-13-8-4-5-10-15(13)14/h3-11H,2H2,1H3/b7-3+. The van der Waals surface area contributed by atoms with Crippen LogP contribution in [0.4, 0.5) is 0 Å². The average molecular weight is 194 g/mol. The summed E-state index contributed by atoms with van der Waals surface area (Å²) in [4.78, 5) is 0. The summed E-state index contributed by atoms with van der Waals surface area (Å²) in [6, 6.07) is 14.7. The van der Waals surface area contributed by atoms with E-state index >= 15 is 0 Å². The van der Waals surface area contributed by atoms with Crippen LogP contribution in [0.25, 0.3) is 16.3 Å². The van der Waals surface area contributed by atoms with Gasteiger partial charge >= 0.3 is 0 Å². The van der Waals surface area contributed by atoms with E-state index in [-0.39, 0.29) is 0 Å². The van der Waals surface area contributed by atoms with Crippen LogP contribution in [0.5, 0.6) is 0 Å². The molecule has 2 aromatic carbocycles. The van der Waals surface area contributed by atoms with Gasteiger partial charge < -0.3 is 0 Å². The third-order valence-electron chi connectivity index (χ3n) is 2.50. The molecule has 0 heterocycles. The quantitative estimate of drug-likeness (QED) is 0.620. The predicted molar refractivity (Wildman–Crippen MR) is 67.8 cm³/mol. The molecular formula is C15H14. The number of rotatable bonds is 2. The molecule has 0 heteroatoms. The fourth-order valence-corrected chi connectivity index (χ4v) is 1.80. The van der Waals surface area contributed by atoms with Crippen LogP contribution < -0.4 is 0 Å². The van der Waals surface area contributed by atoms with Gasteiger partial charge in [0.1, 0.15) is 0 Å². The lowest BCUT2D eigenvalue weighted by molar-refractivity contribution is 1.66. The zero-order valence-corrected chi connectivity index (χ0v) is 8.90. The molecule has 0 fully saturated rings. The van der Waals surface area contributed by atoms with Crippen molar-refractivity contribution in [3.63, 3.8) is 0 Å². The first-order chi connectivity index (χ1) is 7.33. The zero-order chi connectivity index (χ0) is 10.7. The Morgan fingerprint density at radius 3 is 2.60 bits per heavy atom. The molecule has 0 saturated carbocycles. The molecule has 0 aliphatic rings. The molecule has 2 aromatic rings. The monoisotopic (exact) mass is 194 g/mol. The Kier molecular flexibility index (Phi) is 2.68. The molecule has 0 atom stereocenters. The van der Waals surface area contributed by atoms with Gasteiger partial charge in [-0.2, -0.15) is 0 Å². The number of hydrogen-bond donors (Lipinski definition) is 0. The Morgan fingerprint density at radius 1 is 1.07 bits per heavy atom. The van der Waals surface area contributed by atoms with Crippen LogP contribution in [0, 0.1) is 0 Å². The first-order valence-electron chi connectivity index (χ1n) is 5.12. The maximum absolute atomic E-state index is 4.08. The van der Waals surface area contributed by atoms with Crippen LogP contribution in [0.3, 0.4) is 0 Å². The van der Waals surface area contributed by atoms with E-state index in [1.54, 1.807) is 0 Å². The van der Waals surface area contributed by atoms with Crippen molar-refractivity contribution in [3.8, 4) is 0 Å². The summed E-state index contributed by atoms with van der Waals surface area (Å²) in [7, 11) is 0. The largest absolute Gasteiger partial charge is 0.0911 e. The summed E-state index contributed by atoms with van der Waals surface area (Å²) >= 11 is 0. The highest BCUT2D eigenvalue weighted by Crippen LogP contribution is 2.24. The fraction of sp³-hybridized carbons (Fsp3) is 0.0667. The van der Waals surface area contributed by atoms with Crippen LogP contribution >= 0.6 is 0 Å². The minimum Gasteiger partial charge on any atom is -0.0911 e. The Bertz CT molecular complexity index is 513. The van der Waals surface area contributed by atoms with Crippen molar-refractivity contribution in [2.75, 3.05) is 0 Å². The maximum Gasteiger partial charge on any atom is -0.0106 e. The van der Waals surface area contributed by atoms with Gasteiger partial charge in [-0.3, -0.25) is 0 Å². The second-order valence-corrected chi connectivity index (χ2v) is 3.55. The fourth-order valence-electron chi connectivity index (χ4n) is 1.80. The van der Waals surface area contributed by atoms with Crippen LogP contribution in [-0.2, 0) is 0 Å². The van der Waals surface area contributed by atoms with Gasteiger partial charge in [0, 0.05) is 0 Å². The molecule has 0 aromatic heterocycles. The Hall–Kier alpha value is -1.82. The van der Waals surface area contributed by atoms with Gasteiger partial charge in [0.15, 0.2) is 0 Å². The molecule has 0 radical (unpaired) electrons. The van der Waals surface area contributed by atoms with Gasteiger partial charge in [-0.1, -0.05) is 61.2 Å². The summed E-state index contributed by atoms with van der Waals surface area (Å²) in [5.41, 5.74) is 2.28. The molecule has 0 unspecified atom stereocenters. The van der Waals surface area contributed by atoms with Crippen LogP contribution in [-0.4, -0.2) is 0 Å². The predicted octanol–water partition coefficient (Wildman–Crippen LogP) is 4.43. The van der Waals surface area contributed by atoms with E-state index in [0.717, 1.165) is 5.57 Å². The van der Waals surface area contributed by atoms with E-state index in [0.29, 0.717) is 0 Å². The van der Waals surface area contributed by atoms with E-state index in [9.17, 15) is 0 Å². The summed E-state index contributed by atoms with van der Waals surface area (Å²) < 4.78 is 0. The van der Waals surface area contributed by atoms with Crippen molar-refractivity contribution < 1.29 is 0 Å². The van der Waals surface area contributed by atoms with E-state index in [2.05, 4.69) is 49.0 Å². The van der Waals surface area contributed by atoms with Crippen LogP contribution in [0.15, 0.2) is 61.2 Å². The highest BCUT2D eigenvalue weighted by Gasteiger charge is 2.00. The minimum atomic E-state index is 1.06. The van der Waals surface area contributed by atoms with Crippen molar-refractivity contribution in [1.82, 2.24) is 0 Å². The van der Waals surface area contributed by atoms with Crippen molar-refractivity contribution >= 4 is 16.3 Å². The van der Waals surface area contributed by atoms with Crippen LogP contribution in [0.2, 0.25) is 0 Å². The summed E-state index contributed by atoms with van der Waals surface area (Å²) in [5.74, 6) is 0. The van der Waals surface area contributed by atoms with Crippen molar-refractivity contribution in [2.24, 2.45) is 0 Å². The highest BCUT2D eigenvalue weighted by molar-refractivity contribution is 5.95. The Labute approximate surface area is 90.6 Å². The Morgan fingerprint density at radius 2 is 1.80 bits per heavy atom. The lowest BCUT2D eigenvalue weighted by Crippen LogP contribution is -1.82. The first kappa shape index (κ1) is 9.72. The summed E-state index contributed by atoms with van der Waals surface area (Å²) in [6.45, 7) is 6.09. The van der Waals surface area contributed by atoms with Gasteiger partial charge in [0.05, 0.1) is 0 Å². The molecule has 0 aliphatic carbocycles. The molecule has 15 heavy (non-hydrogen) atoms. The third kappa shape index (κ3) is 1.84. The highest BCUT2D eigenvalue weighted by atomic mass is 14.0. The van der Waals surface area contributed by atoms with Gasteiger partial charge in [0.25, 0.3) is 0 Å². The van der Waals surface area contributed by atoms with E-state index in [4.69, 9.17) is 0 Å². The molecule has 74 valence electrons. The van der Waals surface area contributed by atoms with Crippen molar-refractivity contribution in [2.45, 2.75) is 6.92 Å². The molecule has 2 rings (SSSR count). The molecule has 0 saturated heterocycles. The first-order valence-corrected chi connectivity index (χ1v) is 5.12. The van der Waals surface area contributed by atoms with Crippen molar-refractivity contribution in [1.29, 1.82) is 0 Å². The molecule has 0 spiro atoms. The van der Waals surface area contributed by atoms with Crippen molar-refractivity contribution in [3.05, 3.63) is 66.8 Å². The number of fused-ring (bicyclic) bond motifs is 1. The molecule has 0 aliphatic heterocycles. The minimum absolute atomic E-state index is 1.06. The summed E-state index contributed by atoms with van der Waals surface area (Å²) in [5, 5.41) is 2.53. The smallest absolute Gasteiger partial charge is 0.0106 e. The number of hydrogen-bond acceptors (Lipinski definition) is 0. The van der Waals surface area contributed by atoms with Gasteiger partial charge in [-0.05, 0) is 28.8 Å². The zero-order valence-electron chi connectivity index (χ0n) is 8.90. The second-order valence-electron chi connectivity index (χ2n) is 3.55.